The van der Waals surface area contributed by atoms with Crippen LogP contribution in [0.4, 0.5) is 0 Å². The van der Waals surface area contributed by atoms with Gasteiger partial charge in [-0.3, -0.25) is 14.7 Å². The van der Waals surface area contributed by atoms with Gasteiger partial charge in [-0.1, -0.05) is 76.2 Å². The highest BCUT2D eigenvalue weighted by Gasteiger charge is 2.25. The highest BCUT2D eigenvalue weighted by Crippen LogP contribution is 2.30. The number of likely N-dealkylation sites (tertiary alicyclic amines) is 1. The second kappa shape index (κ2) is 16.4. The maximum atomic E-state index is 12.2. The van der Waals surface area contributed by atoms with Gasteiger partial charge in [0.2, 0.25) is 0 Å². The zero-order chi connectivity index (χ0) is 27.3. The fourth-order valence-corrected chi connectivity index (χ4v) is 4.87. The summed E-state index contributed by atoms with van der Waals surface area (Å²) in [6, 6.07) is 8.61. The number of benzene rings is 1. The first-order chi connectivity index (χ1) is 17.2. The molecular weight excluding hydrogens is 441 g/mol. The van der Waals surface area contributed by atoms with Crippen LogP contribution < -0.4 is 0 Å². The van der Waals surface area contributed by atoms with Gasteiger partial charge in [-0.25, -0.2) is 0 Å². The molecule has 0 aliphatic carbocycles. The van der Waals surface area contributed by atoms with Crippen LogP contribution in [0.25, 0.3) is 0 Å². The lowest BCUT2D eigenvalue weighted by molar-refractivity contribution is 0.0827. The number of nitrogens with zero attached hydrogens (tertiary/aromatic N) is 3. The second-order valence-corrected chi connectivity index (χ2v) is 9.94. The van der Waals surface area contributed by atoms with Gasteiger partial charge in [0.05, 0.1) is 0 Å². The van der Waals surface area contributed by atoms with Crippen molar-refractivity contribution in [3.8, 4) is 0 Å². The third kappa shape index (κ3) is 9.24. The molecule has 0 radical (unpaired) electrons. The van der Waals surface area contributed by atoms with Crippen LogP contribution >= 0.6 is 0 Å². The molecule has 198 valence electrons. The van der Waals surface area contributed by atoms with Crippen LogP contribution in [0.3, 0.4) is 0 Å². The van der Waals surface area contributed by atoms with E-state index in [0.29, 0.717) is 18.7 Å². The lowest BCUT2D eigenvalue weighted by atomic mass is 9.42. The molecule has 0 N–H and O–H groups in total. The number of allylic oxidation sites excluding steroid dienone is 4. The Morgan fingerprint density at radius 1 is 1.22 bits per heavy atom. The Labute approximate surface area is 222 Å². The van der Waals surface area contributed by atoms with Gasteiger partial charge >= 0.3 is 0 Å². The topological polar surface area (TPSA) is 35.9 Å². The molecule has 2 rings (SSSR count). The molecule has 1 fully saturated rings. The van der Waals surface area contributed by atoms with E-state index in [2.05, 4.69) is 68.4 Å². The molecule has 1 amide bonds. The van der Waals surface area contributed by atoms with Crippen molar-refractivity contribution in [2.75, 3.05) is 34.2 Å². The van der Waals surface area contributed by atoms with E-state index >= 15 is 0 Å². The first-order valence-electron chi connectivity index (χ1n) is 13.7. The smallest absolute Gasteiger partial charge is 0.253 e. The molecule has 1 aliphatic heterocycles. The van der Waals surface area contributed by atoms with Gasteiger partial charge in [-0.15, -0.1) is 0 Å². The van der Waals surface area contributed by atoms with Gasteiger partial charge in [0, 0.05) is 39.0 Å². The lowest BCUT2D eigenvalue weighted by Gasteiger charge is -2.37. The molecule has 5 heteroatoms. The summed E-state index contributed by atoms with van der Waals surface area (Å²) in [5, 5.41) is 0. The first kappa shape index (κ1) is 31.6. The standard InChI is InChI=1S/C29H44BN3O.C2H6/c1-9-17-30(5)28(14-18-31-6)23(3)21-22(2)24(4)33-19-15-26(16-20-33)25-10-12-27(13-11-25)29(34)32(7)8;1-2/h10-14,18,21,24,26H,3,9,15-17,19-20H2,1-2,4-8H3;1-2H3/b22-21+,28-14+,31-18?;. The summed E-state index contributed by atoms with van der Waals surface area (Å²) in [6.07, 6.45) is 10.9. The van der Waals surface area contributed by atoms with Crippen molar-refractivity contribution >= 4 is 18.8 Å². The molecule has 36 heavy (non-hydrogen) atoms. The molecule has 1 aromatic carbocycles. The average Bonchev–Trinajstić information content (AvgIpc) is 2.89. The molecule has 1 heterocycles. The van der Waals surface area contributed by atoms with Crippen molar-refractivity contribution in [3.05, 3.63) is 70.7 Å². The van der Waals surface area contributed by atoms with Crippen molar-refractivity contribution in [1.82, 2.24) is 9.80 Å². The van der Waals surface area contributed by atoms with E-state index in [1.807, 2.05) is 39.2 Å². The third-order valence-electron chi connectivity index (χ3n) is 7.20. The minimum atomic E-state index is 0.0584. The maximum absolute atomic E-state index is 12.2. The SMILES string of the molecule is C=C(/C=C(\C)C(C)N1CCC(c2ccc(C(=O)N(C)C)cc2)CC1)/C(=C\C=NC)B(C)CCC.CC. The molecule has 1 unspecified atom stereocenters. The number of amides is 1. The van der Waals surface area contributed by atoms with Gasteiger partial charge in [-0.05, 0) is 75.0 Å². The van der Waals surface area contributed by atoms with Gasteiger partial charge in [0.1, 0.15) is 0 Å². The fraction of sp³-hybridized carbons (Fsp3) is 0.548. The van der Waals surface area contributed by atoms with Gasteiger partial charge in [0.25, 0.3) is 5.91 Å². The molecule has 0 bridgehead atoms. The summed E-state index contributed by atoms with van der Waals surface area (Å²) in [5.41, 5.74) is 5.85. The first-order valence-corrected chi connectivity index (χ1v) is 13.7. The lowest BCUT2D eigenvalue weighted by Crippen LogP contribution is -2.40. The molecule has 1 aromatic rings. The highest BCUT2D eigenvalue weighted by molar-refractivity contribution is 6.67. The van der Waals surface area contributed by atoms with Crippen LogP contribution in [0.15, 0.2) is 64.6 Å². The zero-order valence-corrected chi connectivity index (χ0v) is 24.5. The Morgan fingerprint density at radius 2 is 1.81 bits per heavy atom. The van der Waals surface area contributed by atoms with Crippen LogP contribution in [-0.4, -0.2) is 68.9 Å². The number of carbonyl (C=O) groups excluding carboxylic acids is 1. The quantitative estimate of drug-likeness (QED) is 0.197. The Morgan fingerprint density at radius 3 is 2.31 bits per heavy atom. The third-order valence-corrected chi connectivity index (χ3v) is 7.20. The monoisotopic (exact) mass is 491 g/mol. The van der Waals surface area contributed by atoms with E-state index in [1.54, 1.807) is 19.0 Å². The van der Waals surface area contributed by atoms with Gasteiger partial charge in [0.15, 0.2) is 6.71 Å². The fourth-order valence-electron chi connectivity index (χ4n) is 4.87. The predicted octanol–water partition coefficient (Wildman–Crippen LogP) is 7.19. The number of carbonyl (C=O) groups is 1. The van der Waals surface area contributed by atoms with E-state index in [1.165, 1.54) is 16.6 Å². The number of rotatable bonds is 10. The molecule has 1 saturated heterocycles. The van der Waals surface area contributed by atoms with Crippen LogP contribution in [0.2, 0.25) is 13.1 Å². The van der Waals surface area contributed by atoms with E-state index in [0.717, 1.165) is 49.8 Å². The van der Waals surface area contributed by atoms with Crippen molar-refractivity contribution in [1.29, 1.82) is 0 Å². The van der Waals surface area contributed by atoms with Crippen molar-refractivity contribution in [2.45, 2.75) is 79.0 Å². The normalized spacial score (nSPS) is 16.4. The minimum Gasteiger partial charge on any atom is -0.345 e. The van der Waals surface area contributed by atoms with Crippen LogP contribution in [0.1, 0.15) is 75.7 Å². The number of hydrogen-bond donors (Lipinski definition) is 0. The van der Waals surface area contributed by atoms with Crippen LogP contribution in [0, 0.1) is 0 Å². The average molecular weight is 492 g/mol. The Balaban J connectivity index is 0.00000316. The van der Waals surface area contributed by atoms with E-state index < -0.39 is 0 Å². The van der Waals surface area contributed by atoms with Crippen LogP contribution in [-0.2, 0) is 0 Å². The summed E-state index contributed by atoms with van der Waals surface area (Å²) in [4.78, 5) is 20.5. The van der Waals surface area contributed by atoms with E-state index in [9.17, 15) is 4.79 Å². The molecule has 4 nitrogen and oxygen atoms in total. The minimum absolute atomic E-state index is 0.0584. The largest absolute Gasteiger partial charge is 0.345 e. The molecule has 0 saturated carbocycles. The highest BCUT2D eigenvalue weighted by atomic mass is 16.2. The maximum Gasteiger partial charge on any atom is 0.253 e. The summed E-state index contributed by atoms with van der Waals surface area (Å²) in [6.45, 7) is 20.1. The summed E-state index contributed by atoms with van der Waals surface area (Å²) in [7, 11) is 5.40. The van der Waals surface area contributed by atoms with Gasteiger partial charge in [-0.2, -0.15) is 0 Å². The number of hydrogen-bond acceptors (Lipinski definition) is 3. The Hall–Kier alpha value is -2.40. The van der Waals surface area contributed by atoms with E-state index in [-0.39, 0.29) is 5.91 Å². The molecule has 0 spiro atoms. The molecule has 0 aromatic heterocycles. The Bertz CT molecular complexity index is 906. The summed E-state index contributed by atoms with van der Waals surface area (Å²) >= 11 is 0. The Kier molecular flexibility index (Phi) is 14.4. The summed E-state index contributed by atoms with van der Waals surface area (Å²) < 4.78 is 0. The van der Waals surface area contributed by atoms with Crippen LogP contribution in [0.5, 0.6) is 0 Å². The molecule has 1 atom stereocenters. The second-order valence-electron chi connectivity index (χ2n) is 9.94. The number of aliphatic imine (C=N–C) groups is 1. The van der Waals surface area contributed by atoms with Crippen molar-refractivity contribution in [2.24, 2.45) is 4.99 Å². The molecular formula is C31H50BN3O. The zero-order valence-electron chi connectivity index (χ0n) is 24.5. The molecule has 1 aliphatic rings. The van der Waals surface area contributed by atoms with Gasteiger partial charge < -0.3 is 4.90 Å². The van der Waals surface area contributed by atoms with Crippen molar-refractivity contribution < 1.29 is 4.79 Å². The van der Waals surface area contributed by atoms with Crippen molar-refractivity contribution in [3.63, 3.8) is 0 Å². The van der Waals surface area contributed by atoms with E-state index in [4.69, 9.17) is 0 Å². The summed E-state index contributed by atoms with van der Waals surface area (Å²) in [5.74, 6) is 0.618. The predicted molar refractivity (Wildman–Crippen MR) is 161 cm³/mol. The number of piperidine rings is 1.